The number of imide groups is 2. The van der Waals surface area contributed by atoms with E-state index >= 15 is 4.39 Å². The molecule has 0 aromatic heterocycles. The molecule has 3 aliphatic rings. The predicted molar refractivity (Wildman–Crippen MR) is 106 cm³/mol. The zero-order chi connectivity index (χ0) is 22.3. The van der Waals surface area contributed by atoms with Crippen molar-refractivity contribution in [2.24, 2.45) is 5.92 Å². The Morgan fingerprint density at radius 1 is 1.03 bits per heavy atom. The first-order chi connectivity index (χ1) is 14.9. The number of carbonyl (C=O) groups excluding carboxylic acids is 4. The van der Waals surface area contributed by atoms with Crippen LogP contribution in [-0.4, -0.2) is 68.2 Å². The largest absolute Gasteiger partial charge is 0.369 e. The summed E-state index contributed by atoms with van der Waals surface area (Å²) in [7, 11) is 3.16. The van der Waals surface area contributed by atoms with E-state index in [0.717, 1.165) is 17.7 Å². The lowest BCUT2D eigenvalue weighted by atomic mass is 9.95. The van der Waals surface area contributed by atoms with Gasteiger partial charge in [0, 0.05) is 39.6 Å². The molecule has 1 unspecified atom stereocenters. The molecular formula is C21H24FN3O6. The van der Waals surface area contributed by atoms with Gasteiger partial charge in [-0.1, -0.05) is 0 Å². The number of hydrogen-bond donors (Lipinski definition) is 1. The minimum atomic E-state index is -1.12. The first-order valence-electron chi connectivity index (χ1n) is 10.2. The molecule has 0 saturated carbocycles. The van der Waals surface area contributed by atoms with Crippen molar-refractivity contribution in [3.8, 4) is 0 Å². The summed E-state index contributed by atoms with van der Waals surface area (Å²) in [5.74, 6) is -3.34. The minimum Gasteiger partial charge on any atom is -0.369 e. The van der Waals surface area contributed by atoms with E-state index in [-0.39, 0.29) is 41.9 Å². The number of carbonyl (C=O) groups is 4. The van der Waals surface area contributed by atoms with Crippen molar-refractivity contribution in [2.45, 2.75) is 38.0 Å². The van der Waals surface area contributed by atoms with Gasteiger partial charge in [0.25, 0.3) is 11.8 Å². The van der Waals surface area contributed by atoms with Crippen molar-refractivity contribution >= 4 is 29.3 Å². The molecule has 0 radical (unpaired) electrons. The fourth-order valence-electron chi connectivity index (χ4n) is 4.64. The average molecular weight is 433 g/mol. The summed E-state index contributed by atoms with van der Waals surface area (Å²) in [6, 6.07) is 1.81. The first kappa shape index (κ1) is 21.4. The Labute approximate surface area is 178 Å². The van der Waals surface area contributed by atoms with Crippen LogP contribution in [0.5, 0.6) is 0 Å². The molecule has 31 heavy (non-hydrogen) atoms. The van der Waals surface area contributed by atoms with Gasteiger partial charge in [0.2, 0.25) is 11.8 Å². The Hall–Kier alpha value is -2.85. The molecule has 3 aliphatic heterocycles. The van der Waals surface area contributed by atoms with Gasteiger partial charge in [-0.25, -0.2) is 4.39 Å². The number of anilines is 1. The van der Waals surface area contributed by atoms with Gasteiger partial charge in [-0.2, -0.15) is 0 Å². The zero-order valence-corrected chi connectivity index (χ0v) is 17.4. The van der Waals surface area contributed by atoms with Crippen molar-refractivity contribution in [1.29, 1.82) is 0 Å². The Balaban J connectivity index is 1.56. The molecule has 1 N–H and O–H groups in total. The van der Waals surface area contributed by atoms with Crippen LogP contribution in [0.15, 0.2) is 12.1 Å². The number of amides is 4. The molecule has 2 fully saturated rings. The Bertz CT molecular complexity index is 939. The fourth-order valence-corrected chi connectivity index (χ4v) is 4.64. The van der Waals surface area contributed by atoms with Gasteiger partial charge in [0.05, 0.1) is 16.8 Å². The topological polar surface area (TPSA) is 105 Å². The SMILES string of the molecule is COC(OC)C1CCN(c2ccc3c(c2F)C(=O)N(C2CCC(=O)NC2=O)C3=O)CC1. The summed E-state index contributed by atoms with van der Waals surface area (Å²) >= 11 is 0. The van der Waals surface area contributed by atoms with E-state index in [1.807, 2.05) is 4.90 Å². The second-order valence-corrected chi connectivity index (χ2v) is 7.93. The lowest BCUT2D eigenvalue weighted by Gasteiger charge is -2.36. The van der Waals surface area contributed by atoms with Crippen LogP contribution in [0.4, 0.5) is 10.1 Å². The summed E-state index contributed by atoms with van der Waals surface area (Å²) in [6.45, 7) is 1.09. The van der Waals surface area contributed by atoms with Gasteiger partial charge in [-0.3, -0.25) is 29.4 Å². The minimum absolute atomic E-state index is 0.0103. The van der Waals surface area contributed by atoms with E-state index in [9.17, 15) is 19.2 Å². The number of halogens is 1. The van der Waals surface area contributed by atoms with Crippen LogP contribution in [0, 0.1) is 11.7 Å². The molecule has 0 bridgehead atoms. The predicted octanol–water partition coefficient (Wildman–Crippen LogP) is 1.06. The first-order valence-corrected chi connectivity index (χ1v) is 10.2. The van der Waals surface area contributed by atoms with Crippen LogP contribution in [0.1, 0.15) is 46.4 Å². The lowest BCUT2D eigenvalue weighted by molar-refractivity contribution is -0.141. The molecule has 3 heterocycles. The van der Waals surface area contributed by atoms with E-state index in [1.165, 1.54) is 12.1 Å². The van der Waals surface area contributed by atoms with Crippen LogP contribution in [0.2, 0.25) is 0 Å². The van der Waals surface area contributed by atoms with Crippen molar-refractivity contribution in [1.82, 2.24) is 10.2 Å². The lowest BCUT2D eigenvalue weighted by Crippen LogP contribution is -2.54. The maximum absolute atomic E-state index is 15.4. The van der Waals surface area contributed by atoms with Gasteiger partial charge in [-0.15, -0.1) is 0 Å². The molecule has 4 rings (SSSR count). The number of piperidine rings is 2. The second kappa shape index (κ2) is 8.35. The third-order valence-corrected chi connectivity index (χ3v) is 6.26. The molecule has 4 amide bonds. The molecule has 166 valence electrons. The summed E-state index contributed by atoms with van der Waals surface area (Å²) in [4.78, 5) is 51.9. The Morgan fingerprint density at radius 2 is 1.71 bits per heavy atom. The van der Waals surface area contributed by atoms with Crippen molar-refractivity contribution in [3.05, 3.63) is 29.1 Å². The molecular weight excluding hydrogens is 409 g/mol. The highest BCUT2D eigenvalue weighted by molar-refractivity contribution is 6.24. The second-order valence-electron chi connectivity index (χ2n) is 7.93. The van der Waals surface area contributed by atoms with Gasteiger partial charge in [-0.05, 0) is 31.4 Å². The summed E-state index contributed by atoms with van der Waals surface area (Å²) < 4.78 is 26.1. The number of hydrogen-bond acceptors (Lipinski definition) is 7. The van der Waals surface area contributed by atoms with Gasteiger partial charge < -0.3 is 14.4 Å². The summed E-state index contributed by atoms with van der Waals surface area (Å²) in [6.07, 6.45) is 1.15. The maximum Gasteiger partial charge on any atom is 0.265 e. The van der Waals surface area contributed by atoms with Crippen LogP contribution in [0.3, 0.4) is 0 Å². The molecule has 1 atom stereocenters. The van der Waals surface area contributed by atoms with Gasteiger partial charge in [0.1, 0.15) is 6.04 Å². The quantitative estimate of drug-likeness (QED) is 0.547. The maximum atomic E-state index is 15.4. The molecule has 0 spiro atoms. The third kappa shape index (κ3) is 3.59. The van der Waals surface area contributed by atoms with E-state index in [0.29, 0.717) is 13.1 Å². The van der Waals surface area contributed by atoms with Crippen LogP contribution < -0.4 is 10.2 Å². The molecule has 1 aromatic carbocycles. The van der Waals surface area contributed by atoms with E-state index < -0.39 is 35.5 Å². The number of nitrogens with one attached hydrogen (secondary N) is 1. The van der Waals surface area contributed by atoms with Crippen molar-refractivity contribution in [2.75, 3.05) is 32.2 Å². The molecule has 10 heteroatoms. The fraction of sp³-hybridized carbons (Fsp3) is 0.524. The molecule has 2 saturated heterocycles. The molecule has 0 aliphatic carbocycles. The highest BCUT2D eigenvalue weighted by Crippen LogP contribution is 2.35. The number of benzene rings is 1. The standard InChI is InChI=1S/C21H24FN3O6/c1-30-21(31-2)11-7-9-24(10-8-11)13-4-3-12-16(17(13)22)20(29)25(19(12)28)14-5-6-15(26)23-18(14)27/h3-4,11,14,21H,5-10H2,1-2H3,(H,23,26,27). The van der Waals surface area contributed by atoms with Crippen LogP contribution >= 0.6 is 0 Å². The number of methoxy groups -OCH3 is 2. The third-order valence-electron chi connectivity index (χ3n) is 6.26. The van der Waals surface area contributed by atoms with Crippen LogP contribution in [0.25, 0.3) is 0 Å². The monoisotopic (exact) mass is 433 g/mol. The van der Waals surface area contributed by atoms with E-state index in [4.69, 9.17) is 9.47 Å². The summed E-state index contributed by atoms with van der Waals surface area (Å²) in [5.41, 5.74) is -0.138. The van der Waals surface area contributed by atoms with E-state index in [2.05, 4.69) is 5.32 Å². The van der Waals surface area contributed by atoms with Crippen molar-refractivity contribution < 1.29 is 33.0 Å². The smallest absolute Gasteiger partial charge is 0.265 e. The van der Waals surface area contributed by atoms with Gasteiger partial charge >= 0.3 is 0 Å². The van der Waals surface area contributed by atoms with Crippen molar-refractivity contribution in [3.63, 3.8) is 0 Å². The number of ether oxygens (including phenoxy) is 2. The Kier molecular flexibility index (Phi) is 5.76. The normalized spacial score (nSPS) is 22.4. The summed E-state index contributed by atoms with van der Waals surface area (Å²) in [5, 5.41) is 2.13. The van der Waals surface area contributed by atoms with Gasteiger partial charge in [0.15, 0.2) is 12.1 Å². The number of nitrogens with zero attached hydrogens (tertiary/aromatic N) is 2. The zero-order valence-electron chi connectivity index (χ0n) is 17.4. The molecule has 9 nitrogen and oxygen atoms in total. The van der Waals surface area contributed by atoms with Crippen LogP contribution in [-0.2, 0) is 19.1 Å². The molecule has 1 aromatic rings. The number of rotatable bonds is 5. The average Bonchev–Trinajstić information content (AvgIpc) is 3.01. The Morgan fingerprint density at radius 3 is 2.32 bits per heavy atom. The number of fused-ring (bicyclic) bond motifs is 1. The van der Waals surface area contributed by atoms with E-state index in [1.54, 1.807) is 14.2 Å². The highest BCUT2D eigenvalue weighted by atomic mass is 19.1. The highest BCUT2D eigenvalue weighted by Gasteiger charge is 2.46.